The van der Waals surface area contributed by atoms with Crippen LogP contribution in [0.4, 0.5) is 4.39 Å². The predicted molar refractivity (Wildman–Crippen MR) is 38.2 cm³/mol. The second-order valence-electron chi connectivity index (χ2n) is 3.11. The van der Waals surface area contributed by atoms with E-state index in [-0.39, 0.29) is 13.0 Å². The number of aliphatic carboxylic acids is 1. The van der Waals surface area contributed by atoms with Crippen LogP contribution < -0.4 is 0 Å². The fourth-order valence-electron chi connectivity index (χ4n) is 1.39. The van der Waals surface area contributed by atoms with Gasteiger partial charge in [0, 0.05) is 6.54 Å². The van der Waals surface area contributed by atoms with Crippen LogP contribution in [0.3, 0.4) is 0 Å². The highest BCUT2D eigenvalue weighted by atomic mass is 19.1. The average molecular weight is 161 g/mol. The van der Waals surface area contributed by atoms with Gasteiger partial charge in [0.15, 0.2) is 0 Å². The van der Waals surface area contributed by atoms with Gasteiger partial charge in [-0.15, -0.1) is 0 Å². The van der Waals surface area contributed by atoms with E-state index in [2.05, 4.69) is 0 Å². The molecule has 1 aliphatic heterocycles. The summed E-state index contributed by atoms with van der Waals surface area (Å²) in [5, 5.41) is 8.51. The Morgan fingerprint density at radius 2 is 2.36 bits per heavy atom. The molecule has 0 radical (unpaired) electrons. The van der Waals surface area contributed by atoms with E-state index in [4.69, 9.17) is 5.11 Å². The molecule has 1 fully saturated rings. The Bertz CT molecular complexity index is 174. The van der Waals surface area contributed by atoms with Gasteiger partial charge in [-0.3, -0.25) is 0 Å². The average Bonchev–Trinajstić information content (AvgIpc) is 1.86. The number of likely N-dealkylation sites (tertiary alicyclic amines) is 1. The molecule has 0 aromatic carbocycles. The minimum absolute atomic E-state index is 0.0162. The first-order valence-electron chi connectivity index (χ1n) is 3.65. The zero-order valence-electron chi connectivity index (χ0n) is 6.51. The van der Waals surface area contributed by atoms with Gasteiger partial charge in [0.2, 0.25) is 5.67 Å². The summed E-state index contributed by atoms with van der Waals surface area (Å²) in [4.78, 5) is 12.1. The third-order valence-electron chi connectivity index (χ3n) is 2.02. The van der Waals surface area contributed by atoms with E-state index in [0.29, 0.717) is 6.42 Å². The summed E-state index contributed by atoms with van der Waals surface area (Å²) in [7, 11) is 1.73. The molecule has 64 valence electrons. The summed E-state index contributed by atoms with van der Waals surface area (Å²) in [6.07, 6.45) is 0.770. The number of hydrogen-bond donors (Lipinski definition) is 1. The fraction of sp³-hybridized carbons (Fsp3) is 0.857. The van der Waals surface area contributed by atoms with E-state index in [1.807, 2.05) is 0 Å². The van der Waals surface area contributed by atoms with Crippen molar-refractivity contribution < 1.29 is 14.3 Å². The largest absolute Gasteiger partial charge is 0.479 e. The Morgan fingerprint density at radius 3 is 2.73 bits per heavy atom. The summed E-state index contributed by atoms with van der Waals surface area (Å²) in [6.45, 7) is 0.807. The monoisotopic (exact) mass is 161 g/mol. The minimum Gasteiger partial charge on any atom is -0.479 e. The Hall–Kier alpha value is -0.640. The van der Waals surface area contributed by atoms with Crippen molar-refractivity contribution in [1.82, 2.24) is 4.90 Å². The van der Waals surface area contributed by atoms with Crippen LogP contribution in [-0.4, -0.2) is 41.8 Å². The van der Waals surface area contributed by atoms with Crippen molar-refractivity contribution in [2.45, 2.75) is 18.5 Å². The molecule has 11 heavy (non-hydrogen) atoms. The summed E-state index contributed by atoms with van der Waals surface area (Å²) in [5.41, 5.74) is -2.01. The number of halogens is 1. The Morgan fingerprint density at radius 1 is 1.73 bits per heavy atom. The number of alkyl halides is 1. The van der Waals surface area contributed by atoms with Crippen molar-refractivity contribution in [3.8, 4) is 0 Å². The maximum absolute atomic E-state index is 13.3. The first-order valence-corrected chi connectivity index (χ1v) is 3.65. The van der Waals surface area contributed by atoms with E-state index < -0.39 is 11.6 Å². The number of rotatable bonds is 1. The molecular weight excluding hydrogens is 149 g/mol. The molecule has 0 bridgehead atoms. The zero-order valence-corrected chi connectivity index (χ0v) is 6.51. The van der Waals surface area contributed by atoms with Crippen molar-refractivity contribution >= 4 is 5.97 Å². The van der Waals surface area contributed by atoms with Crippen LogP contribution in [-0.2, 0) is 4.79 Å². The minimum atomic E-state index is -2.01. The molecule has 1 unspecified atom stereocenters. The topological polar surface area (TPSA) is 40.5 Å². The number of carboxylic acids is 1. The maximum atomic E-state index is 13.3. The van der Waals surface area contributed by atoms with Crippen LogP contribution in [0.1, 0.15) is 12.8 Å². The molecule has 1 rings (SSSR count). The molecule has 0 aromatic rings. The van der Waals surface area contributed by atoms with Gasteiger partial charge in [-0.25, -0.2) is 9.18 Å². The Balaban J connectivity index is 2.63. The van der Waals surface area contributed by atoms with E-state index in [1.165, 1.54) is 0 Å². The highest BCUT2D eigenvalue weighted by Crippen LogP contribution is 2.24. The quantitative estimate of drug-likeness (QED) is 0.609. The second-order valence-corrected chi connectivity index (χ2v) is 3.11. The number of carbonyl (C=O) groups is 1. The van der Waals surface area contributed by atoms with E-state index in [0.717, 1.165) is 6.54 Å². The molecule has 1 saturated heterocycles. The van der Waals surface area contributed by atoms with Crippen molar-refractivity contribution in [1.29, 1.82) is 0 Å². The number of carboxylic acid groups (broad SMARTS) is 1. The summed E-state index contributed by atoms with van der Waals surface area (Å²) in [6, 6.07) is 0. The van der Waals surface area contributed by atoms with Gasteiger partial charge >= 0.3 is 5.97 Å². The SMILES string of the molecule is CN1CCCC(F)(C(=O)O)C1. The molecule has 0 spiro atoms. The second kappa shape index (κ2) is 2.77. The van der Waals surface area contributed by atoms with Gasteiger partial charge in [0.1, 0.15) is 0 Å². The summed E-state index contributed by atoms with van der Waals surface area (Å²) < 4.78 is 13.3. The molecule has 1 atom stereocenters. The van der Waals surface area contributed by atoms with Gasteiger partial charge in [0.25, 0.3) is 0 Å². The van der Waals surface area contributed by atoms with Crippen molar-refractivity contribution in [3.05, 3.63) is 0 Å². The van der Waals surface area contributed by atoms with Crippen molar-refractivity contribution in [3.63, 3.8) is 0 Å². The molecule has 0 saturated carbocycles. The molecule has 1 aliphatic rings. The Labute approximate surface area is 64.8 Å². The normalized spacial score (nSPS) is 33.6. The molecule has 4 heteroatoms. The van der Waals surface area contributed by atoms with Crippen LogP contribution in [0.15, 0.2) is 0 Å². The smallest absolute Gasteiger partial charge is 0.342 e. The first-order chi connectivity index (χ1) is 5.04. The molecule has 0 aromatic heterocycles. The fourth-order valence-corrected chi connectivity index (χ4v) is 1.39. The summed E-state index contributed by atoms with van der Waals surface area (Å²) in [5.74, 6) is -1.33. The van der Waals surface area contributed by atoms with Crippen LogP contribution in [0.2, 0.25) is 0 Å². The molecule has 1 N–H and O–H groups in total. The van der Waals surface area contributed by atoms with Gasteiger partial charge in [-0.1, -0.05) is 0 Å². The standard InChI is InChI=1S/C7H12FNO2/c1-9-4-2-3-7(8,5-9)6(10)11/h2-5H2,1H3,(H,10,11). The van der Waals surface area contributed by atoms with Gasteiger partial charge in [0.05, 0.1) is 0 Å². The zero-order chi connectivity index (χ0) is 8.48. The Kier molecular flexibility index (Phi) is 2.13. The lowest BCUT2D eigenvalue weighted by Gasteiger charge is -2.31. The van der Waals surface area contributed by atoms with E-state index in [1.54, 1.807) is 11.9 Å². The lowest BCUT2D eigenvalue weighted by Crippen LogP contribution is -2.48. The van der Waals surface area contributed by atoms with Crippen LogP contribution in [0.25, 0.3) is 0 Å². The van der Waals surface area contributed by atoms with Gasteiger partial charge < -0.3 is 10.0 Å². The highest BCUT2D eigenvalue weighted by Gasteiger charge is 2.41. The van der Waals surface area contributed by atoms with E-state index >= 15 is 0 Å². The molecule has 1 heterocycles. The number of nitrogens with zero attached hydrogens (tertiary/aromatic N) is 1. The van der Waals surface area contributed by atoms with Crippen molar-refractivity contribution in [2.24, 2.45) is 0 Å². The maximum Gasteiger partial charge on any atom is 0.342 e. The first kappa shape index (κ1) is 8.46. The van der Waals surface area contributed by atoms with Crippen LogP contribution >= 0.6 is 0 Å². The molecule has 3 nitrogen and oxygen atoms in total. The molecule has 0 aliphatic carbocycles. The molecular formula is C7H12FNO2. The van der Waals surface area contributed by atoms with Crippen molar-refractivity contribution in [2.75, 3.05) is 20.1 Å². The highest BCUT2D eigenvalue weighted by molar-refractivity contribution is 5.77. The molecule has 0 amide bonds. The predicted octanol–water partition coefficient (Wildman–Crippen LogP) is 0.505. The van der Waals surface area contributed by atoms with Gasteiger partial charge in [-0.2, -0.15) is 0 Å². The lowest BCUT2D eigenvalue weighted by atomic mass is 9.95. The lowest BCUT2D eigenvalue weighted by molar-refractivity contribution is -0.154. The number of piperidine rings is 1. The summed E-state index contributed by atoms with van der Waals surface area (Å²) >= 11 is 0. The third-order valence-corrected chi connectivity index (χ3v) is 2.02. The van der Waals surface area contributed by atoms with E-state index in [9.17, 15) is 9.18 Å². The van der Waals surface area contributed by atoms with Crippen LogP contribution in [0, 0.1) is 0 Å². The third kappa shape index (κ3) is 1.68. The van der Waals surface area contributed by atoms with Crippen LogP contribution in [0.5, 0.6) is 0 Å². The van der Waals surface area contributed by atoms with Gasteiger partial charge in [-0.05, 0) is 26.4 Å². The number of hydrogen-bond acceptors (Lipinski definition) is 2.